The number of piperazine rings is 1. The standard InChI is InChI=1S/C18H28ClN3O4S/c1-2-3-4-7-18(22(24)15-23)14-27(25,26)21-11-9-20(10-12-21)17-8-5-6-16(19)13-17/h5-6,8,13,15,18,24H,2-4,7,9-12,14H2,1H3. The molecule has 1 unspecified atom stereocenters. The van der Waals surface area contributed by atoms with Gasteiger partial charge in [-0.2, -0.15) is 4.31 Å². The number of hydrogen-bond donors (Lipinski definition) is 1. The van der Waals surface area contributed by atoms with Crippen molar-refractivity contribution in [2.75, 3.05) is 36.8 Å². The third kappa shape index (κ3) is 6.34. The van der Waals surface area contributed by atoms with Gasteiger partial charge in [0.25, 0.3) is 0 Å². The molecule has 1 N–H and O–H groups in total. The normalized spacial score (nSPS) is 16.9. The van der Waals surface area contributed by atoms with Crippen molar-refractivity contribution >= 4 is 33.7 Å². The monoisotopic (exact) mass is 417 g/mol. The third-order valence-corrected chi connectivity index (χ3v) is 7.02. The van der Waals surface area contributed by atoms with Crippen LogP contribution in [0.3, 0.4) is 0 Å². The molecule has 1 aliphatic rings. The highest BCUT2D eigenvalue weighted by molar-refractivity contribution is 7.89. The maximum absolute atomic E-state index is 12.8. The minimum absolute atomic E-state index is 0.261. The maximum Gasteiger partial charge on any atom is 0.233 e. The van der Waals surface area contributed by atoms with Gasteiger partial charge in [0.15, 0.2) is 0 Å². The molecule has 0 aliphatic carbocycles. The highest BCUT2D eigenvalue weighted by Crippen LogP contribution is 2.22. The molecule has 0 radical (unpaired) electrons. The zero-order valence-electron chi connectivity index (χ0n) is 15.6. The summed E-state index contributed by atoms with van der Waals surface area (Å²) in [6.07, 6.45) is 3.43. The minimum Gasteiger partial charge on any atom is -0.369 e. The predicted molar refractivity (Wildman–Crippen MR) is 107 cm³/mol. The second-order valence-electron chi connectivity index (χ2n) is 6.78. The van der Waals surface area contributed by atoms with E-state index in [4.69, 9.17) is 11.6 Å². The van der Waals surface area contributed by atoms with Crippen LogP contribution in [-0.2, 0) is 14.8 Å². The Morgan fingerprint density at radius 2 is 1.96 bits per heavy atom. The molecule has 2 rings (SSSR count). The van der Waals surface area contributed by atoms with Crippen LogP contribution in [0.2, 0.25) is 5.02 Å². The van der Waals surface area contributed by atoms with E-state index in [0.29, 0.717) is 42.7 Å². The molecule has 27 heavy (non-hydrogen) atoms. The zero-order valence-corrected chi connectivity index (χ0v) is 17.2. The first-order chi connectivity index (χ1) is 12.9. The third-order valence-electron chi connectivity index (χ3n) is 4.83. The Labute approximate surface area is 166 Å². The largest absolute Gasteiger partial charge is 0.369 e. The first kappa shape index (κ1) is 21.9. The molecule has 1 fully saturated rings. The topological polar surface area (TPSA) is 81.2 Å². The number of anilines is 1. The van der Waals surface area contributed by atoms with Gasteiger partial charge in [0.2, 0.25) is 16.4 Å². The molecule has 0 bridgehead atoms. The van der Waals surface area contributed by atoms with Crippen LogP contribution in [-0.4, -0.2) is 67.4 Å². The average molecular weight is 418 g/mol. The van der Waals surface area contributed by atoms with Crippen molar-refractivity contribution in [1.82, 2.24) is 9.37 Å². The molecule has 1 atom stereocenters. The van der Waals surface area contributed by atoms with E-state index in [9.17, 15) is 18.4 Å². The average Bonchev–Trinajstić information content (AvgIpc) is 2.66. The molecule has 152 valence electrons. The van der Waals surface area contributed by atoms with Crippen molar-refractivity contribution in [2.24, 2.45) is 0 Å². The Balaban J connectivity index is 1.96. The van der Waals surface area contributed by atoms with Gasteiger partial charge in [0, 0.05) is 36.9 Å². The van der Waals surface area contributed by atoms with E-state index in [1.807, 2.05) is 25.1 Å². The molecule has 0 saturated carbocycles. The lowest BCUT2D eigenvalue weighted by Crippen LogP contribution is -2.51. The second-order valence-corrected chi connectivity index (χ2v) is 9.23. The summed E-state index contributed by atoms with van der Waals surface area (Å²) in [7, 11) is -3.57. The van der Waals surface area contributed by atoms with Crippen molar-refractivity contribution in [1.29, 1.82) is 0 Å². The van der Waals surface area contributed by atoms with Crippen molar-refractivity contribution < 1.29 is 18.4 Å². The summed E-state index contributed by atoms with van der Waals surface area (Å²) in [5.74, 6) is -0.261. The van der Waals surface area contributed by atoms with Crippen molar-refractivity contribution in [3.8, 4) is 0 Å². The van der Waals surface area contributed by atoms with E-state index in [1.165, 1.54) is 4.31 Å². The number of sulfonamides is 1. The van der Waals surface area contributed by atoms with Crippen molar-refractivity contribution in [3.63, 3.8) is 0 Å². The molecule has 7 nitrogen and oxygen atoms in total. The van der Waals surface area contributed by atoms with E-state index in [0.717, 1.165) is 24.9 Å². The SMILES string of the molecule is CCCCCC(CS(=O)(=O)N1CCN(c2cccc(Cl)c2)CC1)N(O)C=O. The summed E-state index contributed by atoms with van der Waals surface area (Å²) in [5.41, 5.74) is 0.972. The molecule has 1 heterocycles. The summed E-state index contributed by atoms with van der Waals surface area (Å²) in [5, 5.41) is 10.9. The Bertz CT molecular complexity index is 708. The van der Waals surface area contributed by atoms with Crippen LogP contribution in [0.4, 0.5) is 5.69 Å². The number of hydrogen-bond acceptors (Lipinski definition) is 5. The van der Waals surface area contributed by atoms with Gasteiger partial charge in [-0.3, -0.25) is 10.0 Å². The van der Waals surface area contributed by atoms with Crippen LogP contribution >= 0.6 is 11.6 Å². The van der Waals surface area contributed by atoms with Crippen LogP contribution in [0.25, 0.3) is 0 Å². The summed E-state index contributed by atoms with van der Waals surface area (Å²) in [4.78, 5) is 13.0. The van der Waals surface area contributed by atoms with Crippen LogP contribution in [0.1, 0.15) is 32.6 Å². The summed E-state index contributed by atoms with van der Waals surface area (Å²) < 4.78 is 27.0. The summed E-state index contributed by atoms with van der Waals surface area (Å²) in [6, 6.07) is 6.77. The van der Waals surface area contributed by atoms with Gasteiger partial charge < -0.3 is 4.90 Å². The molecule has 1 amide bonds. The minimum atomic E-state index is -3.57. The molecule has 1 aliphatic heterocycles. The van der Waals surface area contributed by atoms with E-state index in [-0.39, 0.29) is 12.2 Å². The smallest absolute Gasteiger partial charge is 0.233 e. The highest BCUT2D eigenvalue weighted by Gasteiger charge is 2.31. The molecule has 9 heteroatoms. The van der Waals surface area contributed by atoms with Gasteiger partial charge in [-0.15, -0.1) is 0 Å². The van der Waals surface area contributed by atoms with Crippen LogP contribution in [0.15, 0.2) is 24.3 Å². The Hall–Kier alpha value is -1.35. The van der Waals surface area contributed by atoms with E-state index < -0.39 is 16.1 Å². The quantitative estimate of drug-likeness (QED) is 0.274. The van der Waals surface area contributed by atoms with Gasteiger partial charge in [-0.1, -0.05) is 43.9 Å². The summed E-state index contributed by atoms with van der Waals surface area (Å²) in [6.45, 7) is 3.90. The maximum atomic E-state index is 12.8. The number of nitrogens with zero attached hydrogens (tertiary/aromatic N) is 3. The fourth-order valence-electron chi connectivity index (χ4n) is 3.25. The number of carbonyl (C=O) groups excluding carboxylic acids is 1. The van der Waals surface area contributed by atoms with Gasteiger partial charge in [-0.05, 0) is 24.6 Å². The van der Waals surface area contributed by atoms with Gasteiger partial charge in [0.05, 0.1) is 11.8 Å². The molecule has 0 aromatic heterocycles. The predicted octanol–water partition coefficient (Wildman–Crippen LogP) is 2.59. The van der Waals surface area contributed by atoms with E-state index in [2.05, 4.69) is 4.90 Å². The van der Waals surface area contributed by atoms with Crippen molar-refractivity contribution in [3.05, 3.63) is 29.3 Å². The van der Waals surface area contributed by atoms with Gasteiger partial charge >= 0.3 is 0 Å². The molecular weight excluding hydrogens is 390 g/mol. The van der Waals surface area contributed by atoms with Crippen LogP contribution in [0.5, 0.6) is 0 Å². The Morgan fingerprint density at radius 1 is 1.26 bits per heavy atom. The molecule has 0 spiro atoms. The van der Waals surface area contributed by atoms with Crippen LogP contribution in [0, 0.1) is 0 Å². The molecule has 1 saturated heterocycles. The highest BCUT2D eigenvalue weighted by atomic mass is 35.5. The fraction of sp³-hybridized carbons (Fsp3) is 0.611. The first-order valence-electron chi connectivity index (χ1n) is 9.28. The number of amides is 1. The Morgan fingerprint density at radius 3 is 2.56 bits per heavy atom. The number of hydroxylamine groups is 2. The number of benzene rings is 1. The fourth-order valence-corrected chi connectivity index (χ4v) is 5.17. The van der Waals surface area contributed by atoms with E-state index >= 15 is 0 Å². The lowest BCUT2D eigenvalue weighted by Gasteiger charge is -2.36. The van der Waals surface area contributed by atoms with Crippen LogP contribution < -0.4 is 4.90 Å². The zero-order chi connectivity index (χ0) is 19.9. The Kier molecular flexibility index (Phi) is 8.34. The molecule has 1 aromatic carbocycles. The van der Waals surface area contributed by atoms with Gasteiger partial charge in [-0.25, -0.2) is 13.5 Å². The number of halogens is 1. The number of rotatable bonds is 10. The molecular formula is C18H28ClN3O4S. The van der Waals surface area contributed by atoms with Crippen molar-refractivity contribution in [2.45, 2.75) is 38.6 Å². The second kappa shape index (κ2) is 10.3. The lowest BCUT2D eigenvalue weighted by atomic mass is 10.1. The summed E-state index contributed by atoms with van der Waals surface area (Å²) >= 11 is 6.03. The number of carbonyl (C=O) groups is 1. The van der Waals surface area contributed by atoms with E-state index in [1.54, 1.807) is 6.07 Å². The van der Waals surface area contributed by atoms with Gasteiger partial charge in [0.1, 0.15) is 0 Å². The molecule has 1 aromatic rings. The first-order valence-corrected chi connectivity index (χ1v) is 11.3. The number of unbranched alkanes of at least 4 members (excludes halogenated alkanes) is 2. The lowest BCUT2D eigenvalue weighted by molar-refractivity contribution is -0.158.